The van der Waals surface area contributed by atoms with E-state index < -0.39 is 12.1 Å². The van der Waals surface area contributed by atoms with Gasteiger partial charge < -0.3 is 15.4 Å². The molecule has 0 radical (unpaired) electrons. The molecule has 2 N–H and O–H groups in total. The van der Waals surface area contributed by atoms with Crippen LogP contribution in [0, 0.1) is 0 Å². The summed E-state index contributed by atoms with van der Waals surface area (Å²) < 4.78 is 5.58. The maximum absolute atomic E-state index is 12.2. The van der Waals surface area contributed by atoms with E-state index in [0.29, 0.717) is 23.5 Å². The Morgan fingerprint density at radius 3 is 2.80 bits per heavy atom. The van der Waals surface area contributed by atoms with Crippen molar-refractivity contribution in [2.24, 2.45) is 5.73 Å². The molecule has 1 amide bonds. The fourth-order valence-electron chi connectivity index (χ4n) is 2.28. The molecule has 2 unspecified atom stereocenters. The molecule has 0 bridgehead atoms. The highest BCUT2D eigenvalue weighted by atomic mass is 16.5. The standard InChI is InChI=1S/C15H20N2O3/c1-4-7-17-12-8-11(14(18)9(2)16)5-6-13(12)20-10(3)15(17)19/h5-6,8-10H,4,7,16H2,1-3H3. The van der Waals surface area contributed by atoms with Gasteiger partial charge in [0.25, 0.3) is 5.91 Å². The first-order chi connectivity index (χ1) is 9.45. The highest BCUT2D eigenvalue weighted by Gasteiger charge is 2.31. The van der Waals surface area contributed by atoms with Crippen LogP contribution in [0.15, 0.2) is 18.2 Å². The number of benzene rings is 1. The van der Waals surface area contributed by atoms with E-state index in [1.165, 1.54) is 0 Å². The fraction of sp³-hybridized carbons (Fsp3) is 0.467. The number of fused-ring (bicyclic) bond motifs is 1. The number of nitrogens with zero attached hydrogens (tertiary/aromatic N) is 1. The lowest BCUT2D eigenvalue weighted by Crippen LogP contribution is -2.44. The summed E-state index contributed by atoms with van der Waals surface area (Å²) in [4.78, 5) is 25.8. The second-order valence-corrected chi connectivity index (χ2v) is 5.09. The lowest BCUT2D eigenvalue weighted by molar-refractivity contribution is -0.125. The maximum Gasteiger partial charge on any atom is 0.267 e. The largest absolute Gasteiger partial charge is 0.479 e. The molecule has 0 spiro atoms. The van der Waals surface area contributed by atoms with Crippen LogP contribution in [-0.2, 0) is 4.79 Å². The summed E-state index contributed by atoms with van der Waals surface area (Å²) in [7, 11) is 0. The molecule has 2 rings (SSSR count). The van der Waals surface area contributed by atoms with Crippen LogP contribution in [0.1, 0.15) is 37.6 Å². The lowest BCUT2D eigenvalue weighted by atomic mass is 10.0. The average Bonchev–Trinajstić information content (AvgIpc) is 2.42. The third-order valence-electron chi connectivity index (χ3n) is 3.31. The Hall–Kier alpha value is -1.88. The topological polar surface area (TPSA) is 72.6 Å². The van der Waals surface area contributed by atoms with E-state index in [2.05, 4.69) is 0 Å². The first kappa shape index (κ1) is 14.5. The van der Waals surface area contributed by atoms with E-state index in [9.17, 15) is 9.59 Å². The molecule has 0 fully saturated rings. The van der Waals surface area contributed by atoms with Crippen molar-refractivity contribution in [3.05, 3.63) is 23.8 Å². The van der Waals surface area contributed by atoms with Crippen molar-refractivity contribution in [3.8, 4) is 5.75 Å². The minimum absolute atomic E-state index is 0.0789. The van der Waals surface area contributed by atoms with E-state index in [1.54, 1.807) is 36.9 Å². The number of amides is 1. The number of ketones is 1. The molecule has 0 aromatic heterocycles. The van der Waals surface area contributed by atoms with Gasteiger partial charge in [-0.25, -0.2) is 0 Å². The van der Waals surface area contributed by atoms with Gasteiger partial charge in [0.05, 0.1) is 11.7 Å². The zero-order chi connectivity index (χ0) is 14.9. The van der Waals surface area contributed by atoms with Gasteiger partial charge in [-0.3, -0.25) is 9.59 Å². The number of carbonyl (C=O) groups is 2. The molecular formula is C15H20N2O3. The zero-order valence-corrected chi connectivity index (χ0v) is 12.1. The molecular weight excluding hydrogens is 256 g/mol. The molecule has 1 aromatic rings. The Labute approximate surface area is 118 Å². The highest BCUT2D eigenvalue weighted by molar-refractivity contribution is 6.04. The number of carbonyl (C=O) groups excluding carboxylic acids is 2. The van der Waals surface area contributed by atoms with Crippen molar-refractivity contribution in [2.75, 3.05) is 11.4 Å². The normalized spacial score (nSPS) is 19.3. The number of hydrogen-bond acceptors (Lipinski definition) is 4. The number of rotatable bonds is 4. The Balaban J connectivity index is 2.45. The number of Topliss-reactive ketones (excluding diaryl/α,β-unsaturated/α-hetero) is 1. The minimum atomic E-state index is -0.563. The predicted octanol–water partition coefficient (Wildman–Crippen LogP) is 1.74. The van der Waals surface area contributed by atoms with Crippen LogP contribution in [0.3, 0.4) is 0 Å². The first-order valence-corrected chi connectivity index (χ1v) is 6.87. The number of ether oxygens (including phenoxy) is 1. The Kier molecular flexibility index (Phi) is 4.09. The number of hydrogen-bond donors (Lipinski definition) is 1. The van der Waals surface area contributed by atoms with Gasteiger partial charge in [-0.15, -0.1) is 0 Å². The van der Waals surface area contributed by atoms with Crippen LogP contribution < -0.4 is 15.4 Å². The Bertz CT molecular complexity index is 540. The van der Waals surface area contributed by atoms with Gasteiger partial charge in [-0.05, 0) is 38.5 Å². The summed E-state index contributed by atoms with van der Waals surface area (Å²) in [6.45, 7) is 5.99. The van der Waals surface area contributed by atoms with Crippen molar-refractivity contribution >= 4 is 17.4 Å². The number of anilines is 1. The summed E-state index contributed by atoms with van der Waals surface area (Å²) in [5.74, 6) is 0.409. The van der Waals surface area contributed by atoms with Crippen LogP contribution in [0.25, 0.3) is 0 Å². The molecule has 108 valence electrons. The molecule has 1 heterocycles. The van der Waals surface area contributed by atoms with Gasteiger partial charge in [-0.1, -0.05) is 6.92 Å². The second kappa shape index (κ2) is 5.63. The average molecular weight is 276 g/mol. The van der Waals surface area contributed by atoms with Gasteiger partial charge in [0, 0.05) is 12.1 Å². The van der Waals surface area contributed by atoms with Crippen molar-refractivity contribution < 1.29 is 14.3 Å². The molecule has 1 aliphatic heterocycles. The second-order valence-electron chi connectivity index (χ2n) is 5.09. The molecule has 5 heteroatoms. The fourth-order valence-corrected chi connectivity index (χ4v) is 2.28. The molecule has 1 aliphatic rings. The summed E-state index contributed by atoms with van der Waals surface area (Å²) >= 11 is 0. The summed E-state index contributed by atoms with van der Waals surface area (Å²) in [5.41, 5.74) is 6.78. The molecule has 20 heavy (non-hydrogen) atoms. The summed E-state index contributed by atoms with van der Waals surface area (Å²) in [5, 5.41) is 0. The van der Waals surface area contributed by atoms with Gasteiger partial charge >= 0.3 is 0 Å². The molecule has 0 saturated heterocycles. The Morgan fingerprint density at radius 2 is 2.20 bits per heavy atom. The zero-order valence-electron chi connectivity index (χ0n) is 12.1. The highest BCUT2D eigenvalue weighted by Crippen LogP contribution is 2.35. The van der Waals surface area contributed by atoms with E-state index in [4.69, 9.17) is 10.5 Å². The SMILES string of the molecule is CCCN1C(=O)C(C)Oc2ccc(C(=O)C(C)N)cc21. The molecule has 1 aromatic carbocycles. The van der Waals surface area contributed by atoms with Gasteiger partial charge in [0.1, 0.15) is 5.75 Å². The molecule has 0 aliphatic carbocycles. The number of nitrogens with two attached hydrogens (primary N) is 1. The molecule has 0 saturated carbocycles. The van der Waals surface area contributed by atoms with Gasteiger partial charge in [0.15, 0.2) is 11.9 Å². The van der Waals surface area contributed by atoms with Crippen LogP contribution in [0.5, 0.6) is 5.75 Å². The van der Waals surface area contributed by atoms with E-state index in [0.717, 1.165) is 6.42 Å². The van der Waals surface area contributed by atoms with Crippen LogP contribution >= 0.6 is 0 Å². The van der Waals surface area contributed by atoms with Crippen molar-refractivity contribution in [1.82, 2.24) is 0 Å². The maximum atomic E-state index is 12.2. The third kappa shape index (κ3) is 2.54. The third-order valence-corrected chi connectivity index (χ3v) is 3.31. The first-order valence-electron chi connectivity index (χ1n) is 6.87. The van der Waals surface area contributed by atoms with Crippen LogP contribution in [0.4, 0.5) is 5.69 Å². The molecule has 2 atom stereocenters. The van der Waals surface area contributed by atoms with Crippen molar-refractivity contribution in [3.63, 3.8) is 0 Å². The monoisotopic (exact) mass is 276 g/mol. The minimum Gasteiger partial charge on any atom is -0.479 e. The van der Waals surface area contributed by atoms with Gasteiger partial charge in [0.2, 0.25) is 0 Å². The summed E-state index contributed by atoms with van der Waals surface area (Å²) in [6, 6.07) is 4.56. The van der Waals surface area contributed by atoms with Crippen molar-refractivity contribution in [2.45, 2.75) is 39.3 Å². The van der Waals surface area contributed by atoms with E-state index in [1.807, 2.05) is 6.92 Å². The summed E-state index contributed by atoms with van der Waals surface area (Å²) in [6.07, 6.45) is 0.340. The van der Waals surface area contributed by atoms with E-state index in [-0.39, 0.29) is 11.7 Å². The van der Waals surface area contributed by atoms with Gasteiger partial charge in [-0.2, -0.15) is 0 Å². The van der Waals surface area contributed by atoms with E-state index >= 15 is 0 Å². The predicted molar refractivity (Wildman–Crippen MR) is 77.2 cm³/mol. The lowest BCUT2D eigenvalue weighted by Gasteiger charge is -2.33. The van der Waals surface area contributed by atoms with Crippen molar-refractivity contribution in [1.29, 1.82) is 0 Å². The quantitative estimate of drug-likeness (QED) is 0.850. The van der Waals surface area contributed by atoms with Crippen LogP contribution in [-0.4, -0.2) is 30.4 Å². The smallest absolute Gasteiger partial charge is 0.267 e. The Morgan fingerprint density at radius 1 is 1.50 bits per heavy atom. The van der Waals surface area contributed by atoms with Crippen LogP contribution in [0.2, 0.25) is 0 Å². The molecule has 5 nitrogen and oxygen atoms in total.